The SMILES string of the molecule is CCN(CC(=O)N(C)C)C(=O)c1cc(OC)ccc1O. The van der Waals surface area contributed by atoms with E-state index in [1.807, 2.05) is 0 Å². The van der Waals surface area contributed by atoms with E-state index in [0.29, 0.717) is 12.3 Å². The average molecular weight is 280 g/mol. The molecule has 1 rings (SSSR count). The van der Waals surface area contributed by atoms with Gasteiger partial charge in [0.25, 0.3) is 5.91 Å². The van der Waals surface area contributed by atoms with Gasteiger partial charge in [0.1, 0.15) is 11.5 Å². The molecule has 0 spiro atoms. The van der Waals surface area contributed by atoms with E-state index in [9.17, 15) is 14.7 Å². The van der Waals surface area contributed by atoms with Gasteiger partial charge in [0.15, 0.2) is 0 Å². The van der Waals surface area contributed by atoms with Crippen molar-refractivity contribution < 1.29 is 19.4 Å². The number of hydrogen-bond acceptors (Lipinski definition) is 4. The number of carbonyl (C=O) groups excluding carboxylic acids is 2. The van der Waals surface area contributed by atoms with Crippen LogP contribution in [0, 0.1) is 0 Å². The summed E-state index contributed by atoms with van der Waals surface area (Å²) in [6, 6.07) is 4.42. The topological polar surface area (TPSA) is 70.1 Å². The van der Waals surface area contributed by atoms with Crippen molar-refractivity contribution in [3.8, 4) is 11.5 Å². The molecule has 20 heavy (non-hydrogen) atoms. The molecule has 0 fully saturated rings. The Morgan fingerprint density at radius 2 is 1.95 bits per heavy atom. The summed E-state index contributed by atoms with van der Waals surface area (Å²) in [5, 5.41) is 9.79. The fraction of sp³-hybridized carbons (Fsp3) is 0.429. The van der Waals surface area contributed by atoms with Gasteiger partial charge in [-0.05, 0) is 25.1 Å². The Kier molecular flexibility index (Phi) is 5.37. The zero-order valence-electron chi connectivity index (χ0n) is 12.2. The van der Waals surface area contributed by atoms with E-state index in [1.54, 1.807) is 27.1 Å². The molecule has 0 radical (unpaired) electrons. The Hall–Kier alpha value is -2.24. The predicted molar refractivity (Wildman–Crippen MR) is 74.9 cm³/mol. The number of likely N-dealkylation sites (N-methyl/N-ethyl adjacent to an activating group) is 2. The quantitative estimate of drug-likeness (QED) is 0.872. The third-order valence-electron chi connectivity index (χ3n) is 2.93. The minimum Gasteiger partial charge on any atom is -0.507 e. The summed E-state index contributed by atoms with van der Waals surface area (Å²) < 4.78 is 5.04. The molecule has 0 saturated carbocycles. The molecule has 0 aromatic heterocycles. The number of benzene rings is 1. The molecule has 0 aliphatic carbocycles. The largest absolute Gasteiger partial charge is 0.507 e. The van der Waals surface area contributed by atoms with Crippen LogP contribution in [0.5, 0.6) is 11.5 Å². The highest BCUT2D eigenvalue weighted by molar-refractivity contribution is 5.99. The van der Waals surface area contributed by atoms with Gasteiger partial charge in [0.05, 0.1) is 19.2 Å². The van der Waals surface area contributed by atoms with Crippen LogP contribution in [0.4, 0.5) is 0 Å². The monoisotopic (exact) mass is 280 g/mol. The molecule has 0 saturated heterocycles. The summed E-state index contributed by atoms with van der Waals surface area (Å²) in [6.45, 7) is 2.12. The number of ether oxygens (including phenoxy) is 1. The van der Waals surface area contributed by atoms with E-state index in [0.717, 1.165) is 0 Å². The van der Waals surface area contributed by atoms with Crippen LogP contribution < -0.4 is 4.74 Å². The molecule has 1 aromatic carbocycles. The molecule has 0 bridgehead atoms. The van der Waals surface area contributed by atoms with Gasteiger partial charge in [-0.15, -0.1) is 0 Å². The summed E-state index contributed by atoms with van der Waals surface area (Å²) in [4.78, 5) is 26.9. The normalized spacial score (nSPS) is 10.0. The standard InChI is InChI=1S/C14H20N2O4/c1-5-16(9-13(18)15(2)3)14(19)11-8-10(20-4)6-7-12(11)17/h6-8,17H,5,9H2,1-4H3. The third kappa shape index (κ3) is 3.63. The number of nitrogens with zero attached hydrogens (tertiary/aromatic N) is 2. The Morgan fingerprint density at radius 1 is 1.30 bits per heavy atom. The zero-order chi connectivity index (χ0) is 15.3. The van der Waals surface area contributed by atoms with Crippen LogP contribution in [-0.2, 0) is 4.79 Å². The molecule has 110 valence electrons. The summed E-state index contributed by atoms with van der Waals surface area (Å²) in [6.07, 6.45) is 0. The van der Waals surface area contributed by atoms with E-state index in [2.05, 4.69) is 0 Å². The molecule has 0 atom stereocenters. The first kappa shape index (κ1) is 15.8. The van der Waals surface area contributed by atoms with Crippen molar-refractivity contribution >= 4 is 11.8 Å². The molecule has 0 heterocycles. The molecule has 1 N–H and O–H groups in total. The summed E-state index contributed by atoms with van der Waals surface area (Å²) in [7, 11) is 4.74. The number of phenols is 1. The maximum absolute atomic E-state index is 12.4. The van der Waals surface area contributed by atoms with Crippen LogP contribution in [0.2, 0.25) is 0 Å². The van der Waals surface area contributed by atoms with Crippen LogP contribution >= 0.6 is 0 Å². The molecule has 1 aromatic rings. The minimum atomic E-state index is -0.404. The van der Waals surface area contributed by atoms with Gasteiger partial charge in [0, 0.05) is 20.6 Å². The van der Waals surface area contributed by atoms with Crippen LogP contribution in [0.1, 0.15) is 17.3 Å². The summed E-state index contributed by atoms with van der Waals surface area (Å²) in [5.74, 6) is -0.241. The predicted octanol–water partition coefficient (Wildman–Crippen LogP) is 0.951. The second kappa shape index (κ2) is 6.79. The van der Waals surface area contributed by atoms with Crippen molar-refractivity contribution in [2.24, 2.45) is 0 Å². The van der Waals surface area contributed by atoms with Gasteiger partial charge in [-0.25, -0.2) is 0 Å². The lowest BCUT2D eigenvalue weighted by molar-refractivity contribution is -0.129. The van der Waals surface area contributed by atoms with E-state index in [-0.39, 0.29) is 23.8 Å². The van der Waals surface area contributed by atoms with Crippen molar-refractivity contribution in [1.29, 1.82) is 0 Å². The first-order valence-electron chi connectivity index (χ1n) is 6.27. The number of phenolic OH excluding ortho intramolecular Hbond substituents is 1. The Morgan fingerprint density at radius 3 is 2.45 bits per heavy atom. The number of rotatable bonds is 5. The van der Waals surface area contributed by atoms with Crippen LogP contribution in [0.3, 0.4) is 0 Å². The molecule has 0 aliphatic rings. The first-order valence-corrected chi connectivity index (χ1v) is 6.27. The molecule has 6 heteroatoms. The number of methoxy groups -OCH3 is 1. The van der Waals surface area contributed by atoms with Gasteiger partial charge in [0.2, 0.25) is 5.91 Å². The van der Waals surface area contributed by atoms with Crippen LogP contribution in [0.15, 0.2) is 18.2 Å². The van der Waals surface area contributed by atoms with E-state index >= 15 is 0 Å². The van der Waals surface area contributed by atoms with Gasteiger partial charge >= 0.3 is 0 Å². The highest BCUT2D eigenvalue weighted by atomic mass is 16.5. The summed E-state index contributed by atoms with van der Waals surface area (Å²) in [5.41, 5.74) is 0.123. The van der Waals surface area contributed by atoms with Gasteiger partial charge in [-0.3, -0.25) is 9.59 Å². The highest BCUT2D eigenvalue weighted by Gasteiger charge is 2.21. The van der Waals surface area contributed by atoms with Crippen molar-refractivity contribution in [2.75, 3.05) is 34.3 Å². The van der Waals surface area contributed by atoms with Gasteiger partial charge < -0.3 is 19.6 Å². The number of hydrogen-bond donors (Lipinski definition) is 1. The average Bonchev–Trinajstić information content (AvgIpc) is 2.44. The Labute approximate surface area is 118 Å². The van der Waals surface area contributed by atoms with Crippen LogP contribution in [-0.4, -0.2) is 61.0 Å². The Bertz CT molecular complexity index is 500. The minimum absolute atomic E-state index is 0.0288. The van der Waals surface area contributed by atoms with Crippen LogP contribution in [0.25, 0.3) is 0 Å². The molecule has 6 nitrogen and oxygen atoms in total. The van der Waals surface area contributed by atoms with Gasteiger partial charge in [-0.1, -0.05) is 0 Å². The van der Waals surface area contributed by atoms with Crippen molar-refractivity contribution in [3.63, 3.8) is 0 Å². The molecule has 2 amide bonds. The molecular formula is C14H20N2O4. The fourth-order valence-electron chi connectivity index (χ4n) is 1.62. The van der Waals surface area contributed by atoms with E-state index in [4.69, 9.17) is 4.74 Å². The fourth-order valence-corrected chi connectivity index (χ4v) is 1.62. The lowest BCUT2D eigenvalue weighted by Gasteiger charge is -2.22. The van der Waals surface area contributed by atoms with Crippen molar-refractivity contribution in [3.05, 3.63) is 23.8 Å². The lowest BCUT2D eigenvalue weighted by Crippen LogP contribution is -2.40. The van der Waals surface area contributed by atoms with Gasteiger partial charge in [-0.2, -0.15) is 0 Å². The first-order chi connectivity index (χ1) is 9.40. The Balaban J connectivity index is 2.99. The maximum atomic E-state index is 12.4. The molecule has 0 unspecified atom stereocenters. The molecule has 0 aliphatic heterocycles. The molecular weight excluding hydrogens is 260 g/mol. The summed E-state index contributed by atoms with van der Waals surface area (Å²) >= 11 is 0. The second-order valence-electron chi connectivity index (χ2n) is 4.49. The second-order valence-corrected chi connectivity index (χ2v) is 4.49. The van der Waals surface area contributed by atoms with Crippen molar-refractivity contribution in [2.45, 2.75) is 6.92 Å². The number of aromatic hydroxyl groups is 1. The zero-order valence-corrected chi connectivity index (χ0v) is 12.2. The lowest BCUT2D eigenvalue weighted by atomic mass is 10.1. The highest BCUT2D eigenvalue weighted by Crippen LogP contribution is 2.24. The van der Waals surface area contributed by atoms with E-state index < -0.39 is 5.91 Å². The number of amides is 2. The number of carbonyl (C=O) groups is 2. The third-order valence-corrected chi connectivity index (χ3v) is 2.93. The van der Waals surface area contributed by atoms with Crippen molar-refractivity contribution in [1.82, 2.24) is 9.80 Å². The van der Waals surface area contributed by atoms with E-state index in [1.165, 1.54) is 29.0 Å². The smallest absolute Gasteiger partial charge is 0.258 e. The maximum Gasteiger partial charge on any atom is 0.258 e.